The summed E-state index contributed by atoms with van der Waals surface area (Å²) in [7, 11) is -3.74. The van der Waals surface area contributed by atoms with E-state index in [-0.39, 0.29) is 10.6 Å². The third-order valence-corrected chi connectivity index (χ3v) is 7.65. The van der Waals surface area contributed by atoms with Crippen LogP contribution in [0.4, 0.5) is 5.69 Å². The van der Waals surface area contributed by atoms with E-state index in [2.05, 4.69) is 33.4 Å². The molecule has 8 heteroatoms. The molecule has 3 aromatic rings. The van der Waals surface area contributed by atoms with Crippen molar-refractivity contribution in [2.24, 2.45) is 17.0 Å². The van der Waals surface area contributed by atoms with Gasteiger partial charge in [-0.3, -0.25) is 4.98 Å². The molecule has 0 bridgehead atoms. The Labute approximate surface area is 188 Å². The van der Waals surface area contributed by atoms with Crippen LogP contribution in [0, 0.1) is 16.7 Å². The number of para-hydroxylation sites is 1. The lowest BCUT2D eigenvalue weighted by Crippen LogP contribution is -2.33. The van der Waals surface area contributed by atoms with Crippen molar-refractivity contribution in [1.82, 2.24) is 15.0 Å². The lowest BCUT2D eigenvalue weighted by molar-refractivity contribution is 0.268. The van der Waals surface area contributed by atoms with E-state index in [1.165, 1.54) is 12.1 Å². The number of nitroso groups, excluding NO2 is 1. The van der Waals surface area contributed by atoms with Crippen LogP contribution >= 0.6 is 0 Å². The van der Waals surface area contributed by atoms with E-state index in [1.54, 1.807) is 12.1 Å². The number of fused-ring (bicyclic) bond motifs is 1. The number of pyridine rings is 1. The molecule has 0 unspecified atom stereocenters. The monoisotopic (exact) mass is 452 g/mol. The molecule has 1 heterocycles. The number of rotatable bonds is 9. The molecule has 32 heavy (non-hydrogen) atoms. The minimum atomic E-state index is -3.74. The molecule has 1 saturated carbocycles. The van der Waals surface area contributed by atoms with Crippen LogP contribution in [0.3, 0.4) is 0 Å². The molecule has 7 nitrogen and oxygen atoms in total. The second-order valence-corrected chi connectivity index (χ2v) is 10.2. The Morgan fingerprint density at radius 1 is 0.875 bits per heavy atom. The van der Waals surface area contributed by atoms with Gasteiger partial charge in [-0.25, -0.2) is 13.1 Å². The molecule has 4 rings (SSSR count). The van der Waals surface area contributed by atoms with Crippen molar-refractivity contribution >= 4 is 26.6 Å². The number of hydrogen-bond donors (Lipinski definition) is 2. The summed E-state index contributed by atoms with van der Waals surface area (Å²) in [5.74, 6) is 0.892. The van der Waals surface area contributed by atoms with E-state index in [0.717, 1.165) is 55.4 Å². The fourth-order valence-electron chi connectivity index (χ4n) is 4.32. The van der Waals surface area contributed by atoms with Crippen molar-refractivity contribution < 1.29 is 8.42 Å². The third kappa shape index (κ3) is 5.56. The van der Waals surface area contributed by atoms with Gasteiger partial charge >= 0.3 is 0 Å². The largest absolute Gasteiger partial charge is 0.311 e. The Kier molecular flexibility index (Phi) is 7.24. The molecular weight excluding hydrogens is 424 g/mol. The highest BCUT2D eigenvalue weighted by molar-refractivity contribution is 7.89. The average molecular weight is 453 g/mol. The van der Waals surface area contributed by atoms with E-state index >= 15 is 0 Å². The minimum absolute atomic E-state index is 0.0596. The van der Waals surface area contributed by atoms with Crippen LogP contribution in [0.5, 0.6) is 0 Å². The molecular formula is C24H28N4O3S. The Morgan fingerprint density at radius 3 is 2.34 bits per heavy atom. The lowest BCUT2D eigenvalue weighted by Gasteiger charge is -2.28. The molecule has 0 saturated heterocycles. The minimum Gasteiger partial charge on any atom is -0.311 e. The maximum absolute atomic E-state index is 12.6. The third-order valence-electron chi connectivity index (χ3n) is 6.18. The van der Waals surface area contributed by atoms with Crippen LogP contribution in [-0.2, 0) is 16.6 Å². The highest BCUT2D eigenvalue weighted by atomic mass is 32.2. The molecule has 0 aliphatic heterocycles. The molecule has 2 N–H and O–H groups in total. The quantitative estimate of drug-likeness (QED) is 0.465. The summed E-state index contributed by atoms with van der Waals surface area (Å²) in [6.07, 6.45) is 4.10. The fraction of sp³-hybridized carbons (Fsp3) is 0.375. The van der Waals surface area contributed by atoms with Crippen LogP contribution in [0.15, 0.2) is 70.7 Å². The van der Waals surface area contributed by atoms with Gasteiger partial charge in [0.25, 0.3) is 0 Å². The molecule has 1 fully saturated rings. The molecule has 0 amide bonds. The predicted octanol–water partition coefficient (Wildman–Crippen LogP) is 4.51. The van der Waals surface area contributed by atoms with E-state index in [0.29, 0.717) is 18.4 Å². The Morgan fingerprint density at radius 2 is 1.56 bits per heavy atom. The summed E-state index contributed by atoms with van der Waals surface area (Å²) in [6.45, 7) is 2.07. The number of hydrogen-bond acceptors (Lipinski definition) is 6. The van der Waals surface area contributed by atoms with Crippen molar-refractivity contribution in [3.63, 3.8) is 0 Å². The van der Waals surface area contributed by atoms with E-state index in [9.17, 15) is 13.3 Å². The van der Waals surface area contributed by atoms with Crippen molar-refractivity contribution in [2.45, 2.75) is 37.1 Å². The van der Waals surface area contributed by atoms with Crippen LogP contribution < -0.4 is 10.0 Å². The first-order chi connectivity index (χ1) is 15.5. The van der Waals surface area contributed by atoms with Crippen molar-refractivity contribution in [2.75, 3.05) is 13.1 Å². The predicted molar refractivity (Wildman–Crippen MR) is 126 cm³/mol. The second kappa shape index (κ2) is 10.3. The zero-order valence-corrected chi connectivity index (χ0v) is 18.7. The van der Waals surface area contributed by atoms with Gasteiger partial charge in [0.15, 0.2) is 0 Å². The Bertz CT molecular complexity index is 1170. The molecule has 168 valence electrons. The molecule has 0 atom stereocenters. The Hall–Kier alpha value is -2.68. The van der Waals surface area contributed by atoms with Gasteiger partial charge in [-0.2, -0.15) is 0 Å². The first-order valence-corrected chi connectivity index (χ1v) is 12.5. The van der Waals surface area contributed by atoms with Crippen LogP contribution in [0.25, 0.3) is 10.9 Å². The summed E-state index contributed by atoms with van der Waals surface area (Å²) in [4.78, 5) is 15.5. The van der Waals surface area contributed by atoms with Gasteiger partial charge in [0.05, 0.1) is 11.2 Å². The maximum Gasteiger partial charge on any atom is 0.242 e. The molecule has 2 aromatic carbocycles. The first kappa shape index (κ1) is 22.5. The molecule has 1 aromatic heterocycles. The summed E-state index contributed by atoms with van der Waals surface area (Å²) in [5.41, 5.74) is 1.99. The van der Waals surface area contributed by atoms with Gasteiger partial charge in [0.1, 0.15) is 10.6 Å². The highest BCUT2D eigenvalue weighted by Gasteiger charge is 2.24. The molecule has 0 spiro atoms. The second-order valence-electron chi connectivity index (χ2n) is 8.42. The standard InChI is InChI=1S/C24H28N4O3S/c29-28-23-7-3-4-8-24(23)32(30,31)26-16-19-11-9-18(10-12-19)15-25-17-21-14-13-20-5-1-2-6-22(20)27-21/h1-8,13-14,18-19,25-26H,9-12,15-17H2. The average Bonchev–Trinajstić information content (AvgIpc) is 2.83. The summed E-state index contributed by atoms with van der Waals surface area (Å²) in [5, 5.41) is 7.50. The van der Waals surface area contributed by atoms with Gasteiger partial charge < -0.3 is 5.32 Å². The number of nitrogens with one attached hydrogen (secondary N) is 2. The summed E-state index contributed by atoms with van der Waals surface area (Å²) in [6, 6.07) is 18.3. The van der Waals surface area contributed by atoms with E-state index < -0.39 is 10.0 Å². The van der Waals surface area contributed by atoms with Gasteiger partial charge in [-0.05, 0) is 73.5 Å². The van der Waals surface area contributed by atoms with Crippen LogP contribution in [0.1, 0.15) is 31.4 Å². The molecule has 0 radical (unpaired) electrons. The number of sulfonamides is 1. The van der Waals surface area contributed by atoms with Crippen LogP contribution in [0.2, 0.25) is 0 Å². The zero-order valence-electron chi connectivity index (χ0n) is 17.9. The molecule has 1 aliphatic rings. The Balaban J connectivity index is 1.20. The van der Waals surface area contributed by atoms with Gasteiger partial charge in [0.2, 0.25) is 10.0 Å². The van der Waals surface area contributed by atoms with E-state index in [1.807, 2.05) is 18.2 Å². The maximum atomic E-state index is 12.6. The fourth-order valence-corrected chi connectivity index (χ4v) is 5.56. The van der Waals surface area contributed by atoms with E-state index in [4.69, 9.17) is 4.98 Å². The number of aromatic nitrogens is 1. The van der Waals surface area contributed by atoms with Crippen molar-refractivity contribution in [3.8, 4) is 0 Å². The SMILES string of the molecule is O=Nc1ccccc1S(=O)(=O)NCC1CCC(CNCc2ccc3ccccc3n2)CC1. The van der Waals surface area contributed by atoms with Crippen molar-refractivity contribution in [3.05, 3.63) is 71.3 Å². The van der Waals surface area contributed by atoms with Crippen LogP contribution in [-0.4, -0.2) is 26.5 Å². The topological polar surface area (TPSA) is 101 Å². The summed E-state index contributed by atoms with van der Waals surface area (Å²) < 4.78 is 27.8. The van der Waals surface area contributed by atoms with Gasteiger partial charge in [0, 0.05) is 18.5 Å². The molecule has 1 aliphatic carbocycles. The number of nitrogens with zero attached hydrogens (tertiary/aromatic N) is 2. The normalized spacial score (nSPS) is 19.1. The number of benzene rings is 2. The first-order valence-electron chi connectivity index (χ1n) is 11.0. The lowest BCUT2D eigenvalue weighted by atomic mass is 9.82. The summed E-state index contributed by atoms with van der Waals surface area (Å²) >= 11 is 0. The highest BCUT2D eigenvalue weighted by Crippen LogP contribution is 2.29. The smallest absolute Gasteiger partial charge is 0.242 e. The zero-order chi connectivity index (χ0) is 22.4. The van der Waals surface area contributed by atoms with Crippen molar-refractivity contribution in [1.29, 1.82) is 0 Å². The van der Waals surface area contributed by atoms with Gasteiger partial charge in [-0.1, -0.05) is 36.4 Å². The van der Waals surface area contributed by atoms with Gasteiger partial charge in [-0.15, -0.1) is 4.91 Å².